The highest BCUT2D eigenvalue weighted by molar-refractivity contribution is 5.30. The summed E-state index contributed by atoms with van der Waals surface area (Å²) in [4.78, 5) is 0. The Morgan fingerprint density at radius 3 is 2.05 bits per heavy atom. The zero-order valence-corrected chi connectivity index (χ0v) is 12.9. The molecule has 2 fully saturated rings. The van der Waals surface area contributed by atoms with Crippen LogP contribution >= 0.6 is 0 Å². The minimum atomic E-state index is 0.314. The minimum absolute atomic E-state index is 0.314. The van der Waals surface area contributed by atoms with Crippen molar-refractivity contribution < 1.29 is 0 Å². The van der Waals surface area contributed by atoms with E-state index in [0.717, 1.165) is 24.3 Å². The number of hydrogen-bond acceptors (Lipinski definition) is 2. The summed E-state index contributed by atoms with van der Waals surface area (Å²) in [6.45, 7) is 6.18. The SMILES string of the molecule is Cc1cc(C)cc(C(CN)NCC(C2CC2)C2CC2)c1. The molecule has 0 radical (unpaired) electrons. The van der Waals surface area contributed by atoms with Crippen molar-refractivity contribution in [2.75, 3.05) is 13.1 Å². The van der Waals surface area contributed by atoms with Gasteiger partial charge in [0.15, 0.2) is 0 Å². The lowest BCUT2D eigenvalue weighted by Gasteiger charge is -2.23. The largest absolute Gasteiger partial charge is 0.329 e. The Kier molecular flexibility index (Phi) is 4.13. The summed E-state index contributed by atoms with van der Waals surface area (Å²) in [6.07, 6.45) is 5.83. The van der Waals surface area contributed by atoms with Crippen molar-refractivity contribution >= 4 is 0 Å². The third-order valence-corrected chi connectivity index (χ3v) is 4.94. The van der Waals surface area contributed by atoms with E-state index in [9.17, 15) is 0 Å². The standard InChI is InChI=1S/C18H28N2/c1-12-7-13(2)9-16(8-12)18(10-19)20-11-17(14-3-4-14)15-5-6-15/h7-9,14-15,17-18,20H,3-6,10-11,19H2,1-2H3. The molecule has 0 spiro atoms. The molecule has 1 unspecified atom stereocenters. The fourth-order valence-corrected chi connectivity index (χ4v) is 3.59. The number of aryl methyl sites for hydroxylation is 2. The summed E-state index contributed by atoms with van der Waals surface area (Å²) in [6, 6.07) is 7.10. The average Bonchev–Trinajstić information content (AvgIpc) is 3.26. The number of hydrogen-bond donors (Lipinski definition) is 2. The molecule has 1 aromatic carbocycles. The van der Waals surface area contributed by atoms with E-state index in [1.807, 2.05) is 0 Å². The summed E-state index contributed by atoms with van der Waals surface area (Å²) in [7, 11) is 0. The Morgan fingerprint density at radius 1 is 1.05 bits per heavy atom. The van der Waals surface area contributed by atoms with E-state index in [1.54, 1.807) is 0 Å². The average molecular weight is 272 g/mol. The van der Waals surface area contributed by atoms with E-state index in [4.69, 9.17) is 5.73 Å². The fourth-order valence-electron chi connectivity index (χ4n) is 3.59. The molecule has 3 N–H and O–H groups in total. The van der Waals surface area contributed by atoms with Gasteiger partial charge < -0.3 is 11.1 Å². The number of nitrogens with one attached hydrogen (secondary N) is 1. The highest BCUT2D eigenvalue weighted by Crippen LogP contribution is 2.48. The van der Waals surface area contributed by atoms with Gasteiger partial charge in [-0.25, -0.2) is 0 Å². The molecule has 0 heterocycles. The van der Waals surface area contributed by atoms with E-state index in [-0.39, 0.29) is 0 Å². The molecule has 2 aliphatic rings. The van der Waals surface area contributed by atoms with Crippen LogP contribution in [0.3, 0.4) is 0 Å². The van der Waals surface area contributed by atoms with E-state index >= 15 is 0 Å². The van der Waals surface area contributed by atoms with Crippen LogP contribution in [0.2, 0.25) is 0 Å². The van der Waals surface area contributed by atoms with Crippen molar-refractivity contribution in [2.24, 2.45) is 23.5 Å². The highest BCUT2D eigenvalue weighted by atomic mass is 14.9. The number of nitrogens with two attached hydrogens (primary N) is 1. The van der Waals surface area contributed by atoms with E-state index in [2.05, 4.69) is 37.4 Å². The summed E-state index contributed by atoms with van der Waals surface area (Å²) >= 11 is 0. The summed E-state index contributed by atoms with van der Waals surface area (Å²) in [5.41, 5.74) is 10.0. The van der Waals surface area contributed by atoms with Crippen LogP contribution < -0.4 is 11.1 Å². The van der Waals surface area contributed by atoms with Gasteiger partial charge in [0, 0.05) is 12.6 Å². The molecule has 0 aromatic heterocycles. The highest BCUT2D eigenvalue weighted by Gasteiger charge is 2.41. The molecular weight excluding hydrogens is 244 g/mol. The maximum atomic E-state index is 6.01. The lowest BCUT2D eigenvalue weighted by Crippen LogP contribution is -2.33. The quantitative estimate of drug-likeness (QED) is 0.799. The van der Waals surface area contributed by atoms with Crippen LogP contribution in [0.15, 0.2) is 18.2 Å². The van der Waals surface area contributed by atoms with Gasteiger partial charge in [0.2, 0.25) is 0 Å². The van der Waals surface area contributed by atoms with Crippen LogP contribution in [-0.4, -0.2) is 13.1 Å². The second-order valence-electron chi connectivity index (χ2n) is 6.96. The molecule has 1 aromatic rings. The lowest BCUT2D eigenvalue weighted by atomic mass is 9.96. The van der Waals surface area contributed by atoms with Crippen LogP contribution in [-0.2, 0) is 0 Å². The fraction of sp³-hybridized carbons (Fsp3) is 0.667. The molecule has 2 heteroatoms. The van der Waals surface area contributed by atoms with Crippen LogP contribution in [0, 0.1) is 31.6 Å². The molecule has 110 valence electrons. The molecule has 0 saturated heterocycles. The van der Waals surface area contributed by atoms with Gasteiger partial charge in [-0.15, -0.1) is 0 Å². The van der Waals surface area contributed by atoms with E-state index in [0.29, 0.717) is 12.6 Å². The second-order valence-corrected chi connectivity index (χ2v) is 6.96. The van der Waals surface area contributed by atoms with Gasteiger partial charge in [-0.3, -0.25) is 0 Å². The number of benzene rings is 1. The molecule has 20 heavy (non-hydrogen) atoms. The van der Waals surface area contributed by atoms with Crippen molar-refractivity contribution in [1.82, 2.24) is 5.32 Å². The summed E-state index contributed by atoms with van der Waals surface area (Å²) < 4.78 is 0. The zero-order chi connectivity index (χ0) is 14.1. The second kappa shape index (κ2) is 5.87. The van der Waals surface area contributed by atoms with Crippen molar-refractivity contribution in [1.29, 1.82) is 0 Å². The van der Waals surface area contributed by atoms with Gasteiger partial charge in [0.25, 0.3) is 0 Å². The van der Waals surface area contributed by atoms with Gasteiger partial charge in [-0.05, 0) is 69.4 Å². The van der Waals surface area contributed by atoms with Crippen LogP contribution in [0.4, 0.5) is 0 Å². The first-order valence-electron chi connectivity index (χ1n) is 8.19. The smallest absolute Gasteiger partial charge is 0.0444 e. The van der Waals surface area contributed by atoms with E-state index in [1.165, 1.54) is 42.4 Å². The Morgan fingerprint density at radius 2 is 1.60 bits per heavy atom. The van der Waals surface area contributed by atoms with Gasteiger partial charge >= 0.3 is 0 Å². The first kappa shape index (κ1) is 14.1. The predicted octanol–water partition coefficient (Wildman–Crippen LogP) is 3.33. The van der Waals surface area contributed by atoms with Crippen molar-refractivity contribution in [3.63, 3.8) is 0 Å². The lowest BCUT2D eigenvalue weighted by molar-refractivity contribution is 0.357. The predicted molar refractivity (Wildman–Crippen MR) is 84.7 cm³/mol. The number of rotatable bonds is 7. The summed E-state index contributed by atoms with van der Waals surface area (Å²) in [5.74, 6) is 2.93. The van der Waals surface area contributed by atoms with E-state index < -0.39 is 0 Å². The Hall–Kier alpha value is -0.860. The Balaban J connectivity index is 1.63. The third kappa shape index (κ3) is 3.42. The first-order valence-corrected chi connectivity index (χ1v) is 8.19. The Bertz CT molecular complexity index is 428. The molecule has 2 aliphatic carbocycles. The van der Waals surface area contributed by atoms with Gasteiger partial charge in [0.05, 0.1) is 0 Å². The molecule has 0 bridgehead atoms. The molecule has 1 atom stereocenters. The van der Waals surface area contributed by atoms with Crippen LogP contribution in [0.1, 0.15) is 48.4 Å². The molecule has 0 aliphatic heterocycles. The summed E-state index contributed by atoms with van der Waals surface area (Å²) in [5, 5.41) is 3.76. The molecule has 2 nitrogen and oxygen atoms in total. The maximum absolute atomic E-state index is 6.01. The van der Waals surface area contributed by atoms with Crippen molar-refractivity contribution in [2.45, 2.75) is 45.6 Å². The molecule has 3 rings (SSSR count). The van der Waals surface area contributed by atoms with Gasteiger partial charge in [-0.1, -0.05) is 29.3 Å². The van der Waals surface area contributed by atoms with Crippen LogP contribution in [0.25, 0.3) is 0 Å². The van der Waals surface area contributed by atoms with Gasteiger partial charge in [-0.2, -0.15) is 0 Å². The van der Waals surface area contributed by atoms with Crippen LogP contribution in [0.5, 0.6) is 0 Å². The third-order valence-electron chi connectivity index (χ3n) is 4.94. The van der Waals surface area contributed by atoms with Gasteiger partial charge in [0.1, 0.15) is 0 Å². The van der Waals surface area contributed by atoms with Crippen molar-refractivity contribution in [3.05, 3.63) is 34.9 Å². The first-order chi connectivity index (χ1) is 9.67. The minimum Gasteiger partial charge on any atom is -0.329 e. The maximum Gasteiger partial charge on any atom is 0.0444 e. The topological polar surface area (TPSA) is 38.0 Å². The van der Waals surface area contributed by atoms with Crippen molar-refractivity contribution in [3.8, 4) is 0 Å². The Labute approximate surface area is 123 Å². The molecular formula is C18H28N2. The molecule has 2 saturated carbocycles. The normalized spacial score (nSPS) is 20.4. The zero-order valence-electron chi connectivity index (χ0n) is 12.9. The molecule has 0 amide bonds. The monoisotopic (exact) mass is 272 g/mol.